The standard InChI is InChI=1S/C16H34O4Si4/c1-9-15-13-10-11-14(12-13)16(15)24(8)19-22(4,5)17-21(2,3)18-23(6,7)20-24/h9,13-14,16H,10-12H2,1-8H3. The molecule has 1 aliphatic heterocycles. The third kappa shape index (κ3) is 3.61. The lowest BCUT2D eigenvalue weighted by Gasteiger charge is -2.50. The van der Waals surface area contributed by atoms with Crippen molar-refractivity contribution in [3.05, 3.63) is 11.6 Å². The van der Waals surface area contributed by atoms with Crippen molar-refractivity contribution in [1.82, 2.24) is 0 Å². The number of allylic oxidation sites excluding steroid dienone is 2. The second-order valence-electron chi connectivity index (χ2n) is 9.16. The predicted molar refractivity (Wildman–Crippen MR) is 107 cm³/mol. The van der Waals surface area contributed by atoms with E-state index in [9.17, 15) is 0 Å². The van der Waals surface area contributed by atoms with Gasteiger partial charge in [-0.3, -0.25) is 0 Å². The Kier molecular flexibility index (Phi) is 4.79. The molecule has 3 atom stereocenters. The average molecular weight is 403 g/mol. The summed E-state index contributed by atoms with van der Waals surface area (Å²) in [5.74, 6) is 1.49. The van der Waals surface area contributed by atoms with Crippen molar-refractivity contribution in [3.63, 3.8) is 0 Å². The lowest BCUT2D eigenvalue weighted by atomic mass is 9.94. The summed E-state index contributed by atoms with van der Waals surface area (Å²) in [5.41, 5.74) is 2.09. The van der Waals surface area contributed by atoms with E-state index < -0.39 is 34.2 Å². The maximum Gasteiger partial charge on any atom is 0.325 e. The Hall–Kier alpha value is 0.448. The molecule has 0 radical (unpaired) electrons. The fraction of sp³-hybridized carbons (Fsp3) is 0.875. The molecule has 2 saturated carbocycles. The van der Waals surface area contributed by atoms with Crippen molar-refractivity contribution >= 4 is 34.2 Å². The SMILES string of the molecule is CC=C1C2CCC(C2)C1[Si]1(C)O[Si](C)(C)O[Si](C)(C)O[Si](C)(C)O1. The molecule has 4 nitrogen and oxygen atoms in total. The van der Waals surface area contributed by atoms with Gasteiger partial charge in [0.05, 0.1) is 0 Å². The monoisotopic (exact) mass is 402 g/mol. The molecule has 3 fully saturated rings. The van der Waals surface area contributed by atoms with Crippen LogP contribution in [0.2, 0.25) is 51.4 Å². The predicted octanol–water partition coefficient (Wildman–Crippen LogP) is 4.99. The minimum atomic E-state index is -2.43. The van der Waals surface area contributed by atoms with Crippen molar-refractivity contribution in [2.45, 2.75) is 77.6 Å². The van der Waals surface area contributed by atoms with Gasteiger partial charge in [-0.15, -0.1) is 0 Å². The van der Waals surface area contributed by atoms with Gasteiger partial charge in [0.1, 0.15) is 0 Å². The van der Waals surface area contributed by atoms with Crippen LogP contribution in [0.5, 0.6) is 0 Å². The van der Waals surface area contributed by atoms with Gasteiger partial charge < -0.3 is 16.5 Å². The first-order valence-electron chi connectivity index (χ1n) is 9.33. The maximum atomic E-state index is 6.89. The Bertz CT molecular complexity index is 524. The molecule has 2 bridgehead atoms. The molecule has 3 aliphatic rings. The molecule has 1 heterocycles. The minimum Gasteiger partial charge on any atom is -0.416 e. The van der Waals surface area contributed by atoms with Crippen molar-refractivity contribution in [1.29, 1.82) is 0 Å². The summed E-state index contributed by atoms with van der Waals surface area (Å²) in [6.45, 7) is 17.4. The van der Waals surface area contributed by atoms with E-state index in [4.69, 9.17) is 16.5 Å². The van der Waals surface area contributed by atoms with E-state index in [0.717, 1.165) is 11.8 Å². The van der Waals surface area contributed by atoms with E-state index in [-0.39, 0.29) is 0 Å². The van der Waals surface area contributed by atoms with Crippen LogP contribution >= 0.6 is 0 Å². The largest absolute Gasteiger partial charge is 0.416 e. The van der Waals surface area contributed by atoms with Crippen LogP contribution in [-0.2, 0) is 16.5 Å². The maximum absolute atomic E-state index is 6.89. The molecule has 0 aromatic carbocycles. The summed E-state index contributed by atoms with van der Waals surface area (Å²) < 4.78 is 26.8. The first-order chi connectivity index (χ1) is 10.9. The van der Waals surface area contributed by atoms with Crippen LogP contribution in [-0.4, -0.2) is 34.2 Å². The lowest BCUT2D eigenvalue weighted by molar-refractivity contribution is 0.224. The highest BCUT2D eigenvalue weighted by atomic mass is 28.5. The highest BCUT2D eigenvalue weighted by Gasteiger charge is 2.61. The molecule has 0 amide bonds. The van der Waals surface area contributed by atoms with Crippen LogP contribution in [0.3, 0.4) is 0 Å². The molecule has 2 aliphatic carbocycles. The molecule has 138 valence electrons. The highest BCUT2D eigenvalue weighted by Crippen LogP contribution is 2.60. The summed E-state index contributed by atoms with van der Waals surface area (Å²) in [6.07, 6.45) is 6.35. The first kappa shape index (κ1) is 19.2. The van der Waals surface area contributed by atoms with Gasteiger partial charge in [-0.2, -0.15) is 0 Å². The van der Waals surface area contributed by atoms with Crippen LogP contribution in [0.4, 0.5) is 0 Å². The van der Waals surface area contributed by atoms with Crippen LogP contribution in [0.1, 0.15) is 26.2 Å². The van der Waals surface area contributed by atoms with E-state index in [1.165, 1.54) is 19.3 Å². The number of rotatable bonds is 1. The summed E-state index contributed by atoms with van der Waals surface area (Å²) in [6, 6.07) is 0. The van der Waals surface area contributed by atoms with E-state index in [2.05, 4.69) is 58.8 Å². The molecule has 1 saturated heterocycles. The average Bonchev–Trinajstić information content (AvgIpc) is 2.91. The quantitative estimate of drug-likeness (QED) is 0.457. The second-order valence-corrected chi connectivity index (χ2v) is 23.5. The van der Waals surface area contributed by atoms with Gasteiger partial charge in [0, 0.05) is 5.54 Å². The summed E-state index contributed by atoms with van der Waals surface area (Å²) in [5, 5.41) is 0. The van der Waals surface area contributed by atoms with Crippen molar-refractivity contribution in [3.8, 4) is 0 Å². The third-order valence-corrected chi connectivity index (χ3v) is 22.5. The van der Waals surface area contributed by atoms with Gasteiger partial charge in [-0.05, 0) is 83.9 Å². The Balaban J connectivity index is 1.98. The van der Waals surface area contributed by atoms with Crippen LogP contribution in [0, 0.1) is 11.8 Å². The Morgan fingerprint density at radius 1 is 0.792 bits per heavy atom. The van der Waals surface area contributed by atoms with Gasteiger partial charge in [0.2, 0.25) is 0 Å². The first-order valence-corrected chi connectivity index (χ1v) is 20.2. The van der Waals surface area contributed by atoms with Crippen LogP contribution in [0.15, 0.2) is 11.6 Å². The summed E-state index contributed by atoms with van der Waals surface area (Å²) in [4.78, 5) is 0. The van der Waals surface area contributed by atoms with Gasteiger partial charge in [-0.25, -0.2) is 0 Å². The van der Waals surface area contributed by atoms with Crippen molar-refractivity contribution in [2.24, 2.45) is 11.8 Å². The van der Waals surface area contributed by atoms with Gasteiger partial charge in [0.25, 0.3) is 0 Å². The third-order valence-electron chi connectivity index (χ3n) is 5.55. The summed E-state index contributed by atoms with van der Waals surface area (Å²) in [7, 11) is -9.19. The molecule has 0 spiro atoms. The van der Waals surface area contributed by atoms with Crippen molar-refractivity contribution in [2.75, 3.05) is 0 Å². The Labute approximate surface area is 151 Å². The van der Waals surface area contributed by atoms with Gasteiger partial charge in [-0.1, -0.05) is 11.6 Å². The van der Waals surface area contributed by atoms with E-state index >= 15 is 0 Å². The molecular weight excluding hydrogens is 369 g/mol. The fourth-order valence-electron chi connectivity index (χ4n) is 5.66. The van der Waals surface area contributed by atoms with Gasteiger partial charge >= 0.3 is 34.2 Å². The van der Waals surface area contributed by atoms with E-state index in [0.29, 0.717) is 5.54 Å². The molecule has 0 aromatic rings. The zero-order valence-electron chi connectivity index (χ0n) is 16.6. The smallest absolute Gasteiger partial charge is 0.325 e. The molecule has 0 N–H and O–H groups in total. The fourth-order valence-corrected chi connectivity index (χ4v) is 28.3. The van der Waals surface area contributed by atoms with Crippen LogP contribution < -0.4 is 0 Å². The summed E-state index contributed by atoms with van der Waals surface area (Å²) >= 11 is 0. The number of hydrogen-bond donors (Lipinski definition) is 0. The normalized spacial score (nSPS) is 41.2. The van der Waals surface area contributed by atoms with Crippen LogP contribution in [0.25, 0.3) is 0 Å². The molecule has 8 heteroatoms. The van der Waals surface area contributed by atoms with Gasteiger partial charge in [0.15, 0.2) is 0 Å². The Morgan fingerprint density at radius 3 is 1.79 bits per heavy atom. The van der Waals surface area contributed by atoms with E-state index in [1.54, 1.807) is 5.57 Å². The Morgan fingerprint density at radius 2 is 1.29 bits per heavy atom. The highest BCUT2D eigenvalue weighted by molar-refractivity contribution is 6.93. The molecule has 24 heavy (non-hydrogen) atoms. The zero-order chi connectivity index (χ0) is 18.0. The number of hydrogen-bond acceptors (Lipinski definition) is 4. The topological polar surface area (TPSA) is 36.9 Å². The molecule has 0 aromatic heterocycles. The zero-order valence-corrected chi connectivity index (χ0v) is 20.6. The lowest BCUT2D eigenvalue weighted by Crippen LogP contribution is -2.66. The molecular formula is C16H34O4Si4. The number of fused-ring (bicyclic) bond motifs is 2. The minimum absolute atomic E-state index is 0.481. The molecule has 3 rings (SSSR count). The second kappa shape index (κ2) is 5.98. The molecule has 3 unspecified atom stereocenters. The van der Waals surface area contributed by atoms with E-state index in [1.807, 2.05) is 0 Å². The van der Waals surface area contributed by atoms with Crippen molar-refractivity contribution < 1.29 is 16.5 Å².